The molecule has 0 aliphatic rings. The summed E-state index contributed by atoms with van der Waals surface area (Å²) in [6.45, 7) is 9.25. The zero-order valence-electron chi connectivity index (χ0n) is 11.5. The highest BCUT2D eigenvalue weighted by Gasteiger charge is 2.16. The largest absolute Gasteiger partial charge is 0.349 e. The summed E-state index contributed by atoms with van der Waals surface area (Å²) in [4.78, 5) is 12.1. The van der Waals surface area contributed by atoms with E-state index in [0.717, 1.165) is 12.1 Å². The lowest BCUT2D eigenvalue weighted by Crippen LogP contribution is -2.33. The molecule has 0 saturated heterocycles. The Bertz CT molecular complexity index is 401. The number of aryl methyl sites for hydroxylation is 2. The molecule has 0 aromatic carbocycles. The molecule has 1 unspecified atom stereocenters. The van der Waals surface area contributed by atoms with E-state index in [1.807, 2.05) is 33.8 Å². The van der Waals surface area contributed by atoms with Gasteiger partial charge in [-0.05, 0) is 25.3 Å². The Labute approximate surface area is 114 Å². The number of nitrogens with zero attached hydrogens (tertiary/aromatic N) is 2. The van der Waals surface area contributed by atoms with Crippen LogP contribution in [0.3, 0.4) is 0 Å². The van der Waals surface area contributed by atoms with Crippen molar-refractivity contribution in [2.75, 3.05) is 6.54 Å². The molecule has 0 bridgehead atoms. The minimum absolute atomic E-state index is 0.0439. The number of aromatic nitrogens is 2. The molecule has 4 nitrogen and oxygen atoms in total. The first-order valence-electron chi connectivity index (χ1n) is 6.48. The zero-order valence-corrected chi connectivity index (χ0v) is 12.3. The van der Waals surface area contributed by atoms with Gasteiger partial charge in [0.05, 0.1) is 11.1 Å². The van der Waals surface area contributed by atoms with Crippen LogP contribution in [0.5, 0.6) is 0 Å². The van der Waals surface area contributed by atoms with Crippen LogP contribution in [0.15, 0.2) is 6.07 Å². The van der Waals surface area contributed by atoms with Crippen molar-refractivity contribution < 1.29 is 4.79 Å². The van der Waals surface area contributed by atoms with Crippen LogP contribution in [0.1, 0.15) is 43.9 Å². The molecule has 0 saturated carbocycles. The average molecular weight is 272 g/mol. The first-order chi connectivity index (χ1) is 8.49. The second-order valence-corrected chi connectivity index (χ2v) is 5.22. The molecule has 0 radical (unpaired) electrons. The van der Waals surface area contributed by atoms with Gasteiger partial charge in [0.1, 0.15) is 5.69 Å². The van der Waals surface area contributed by atoms with E-state index in [9.17, 15) is 4.79 Å². The zero-order chi connectivity index (χ0) is 13.7. The molecule has 1 heterocycles. The van der Waals surface area contributed by atoms with Crippen molar-refractivity contribution in [3.05, 3.63) is 17.5 Å². The summed E-state index contributed by atoms with van der Waals surface area (Å²) in [5, 5.41) is 7.17. The number of carbonyl (C=O) groups excluding carboxylic acids is 1. The monoisotopic (exact) mass is 271 g/mol. The molecule has 1 aromatic heterocycles. The highest BCUT2D eigenvalue weighted by atomic mass is 35.5. The van der Waals surface area contributed by atoms with Crippen molar-refractivity contribution in [2.24, 2.45) is 5.92 Å². The molecule has 1 amide bonds. The molecule has 102 valence electrons. The minimum atomic E-state index is -0.102. The average Bonchev–Trinajstić information content (AvgIpc) is 2.78. The SMILES string of the molecule is CCc1cc(C(=O)NCC(Cl)C(C)C)n(CC)n1. The first kappa shape index (κ1) is 15.0. The molecule has 0 spiro atoms. The van der Waals surface area contributed by atoms with Crippen molar-refractivity contribution in [1.29, 1.82) is 0 Å². The number of hydrogen-bond acceptors (Lipinski definition) is 2. The van der Waals surface area contributed by atoms with E-state index in [1.165, 1.54) is 0 Å². The van der Waals surface area contributed by atoms with Gasteiger partial charge in [0, 0.05) is 13.1 Å². The van der Waals surface area contributed by atoms with Crippen molar-refractivity contribution in [3.8, 4) is 0 Å². The summed E-state index contributed by atoms with van der Waals surface area (Å²) < 4.78 is 1.73. The van der Waals surface area contributed by atoms with Gasteiger partial charge in [-0.2, -0.15) is 5.10 Å². The Hall–Kier alpha value is -1.03. The topological polar surface area (TPSA) is 46.9 Å². The van der Waals surface area contributed by atoms with Crippen LogP contribution in [0.2, 0.25) is 0 Å². The van der Waals surface area contributed by atoms with Crippen LogP contribution in [0.25, 0.3) is 0 Å². The number of amides is 1. The summed E-state index contributed by atoms with van der Waals surface area (Å²) in [5.74, 6) is 0.240. The molecule has 1 rings (SSSR count). The lowest BCUT2D eigenvalue weighted by atomic mass is 10.1. The molecule has 18 heavy (non-hydrogen) atoms. The summed E-state index contributed by atoms with van der Waals surface area (Å²) in [7, 11) is 0. The van der Waals surface area contributed by atoms with Gasteiger partial charge in [0.25, 0.3) is 5.91 Å². The van der Waals surface area contributed by atoms with E-state index in [2.05, 4.69) is 10.4 Å². The number of rotatable bonds is 6. The smallest absolute Gasteiger partial charge is 0.269 e. The van der Waals surface area contributed by atoms with Crippen LogP contribution in [0, 0.1) is 5.92 Å². The van der Waals surface area contributed by atoms with Gasteiger partial charge in [0.15, 0.2) is 0 Å². The van der Waals surface area contributed by atoms with Gasteiger partial charge < -0.3 is 5.32 Å². The molecular weight excluding hydrogens is 250 g/mol. The summed E-state index contributed by atoms with van der Waals surface area (Å²) in [6.07, 6.45) is 0.831. The lowest BCUT2D eigenvalue weighted by Gasteiger charge is -2.14. The summed E-state index contributed by atoms with van der Waals surface area (Å²) >= 11 is 6.12. The first-order valence-corrected chi connectivity index (χ1v) is 6.92. The van der Waals surface area contributed by atoms with Crippen LogP contribution in [0.4, 0.5) is 0 Å². The van der Waals surface area contributed by atoms with E-state index in [-0.39, 0.29) is 11.3 Å². The van der Waals surface area contributed by atoms with E-state index >= 15 is 0 Å². The number of alkyl halides is 1. The maximum atomic E-state index is 12.1. The lowest BCUT2D eigenvalue weighted by molar-refractivity contribution is 0.0941. The predicted molar refractivity (Wildman–Crippen MR) is 74.1 cm³/mol. The van der Waals surface area contributed by atoms with Crippen LogP contribution in [-0.2, 0) is 13.0 Å². The van der Waals surface area contributed by atoms with Gasteiger partial charge >= 0.3 is 0 Å². The molecule has 0 fully saturated rings. The highest BCUT2D eigenvalue weighted by Crippen LogP contribution is 2.09. The second-order valence-electron chi connectivity index (χ2n) is 4.66. The van der Waals surface area contributed by atoms with E-state index in [4.69, 9.17) is 11.6 Å². The molecular formula is C13H22ClN3O. The van der Waals surface area contributed by atoms with E-state index < -0.39 is 0 Å². The number of carbonyl (C=O) groups is 1. The Morgan fingerprint density at radius 2 is 2.17 bits per heavy atom. The van der Waals surface area contributed by atoms with Crippen molar-refractivity contribution in [2.45, 2.75) is 46.0 Å². The number of nitrogens with one attached hydrogen (secondary N) is 1. The Morgan fingerprint density at radius 1 is 1.50 bits per heavy atom. The normalized spacial score (nSPS) is 12.8. The van der Waals surface area contributed by atoms with Crippen LogP contribution < -0.4 is 5.32 Å². The fraction of sp³-hybridized carbons (Fsp3) is 0.692. The molecule has 5 heteroatoms. The Kier molecular flexibility index (Phi) is 5.66. The third kappa shape index (κ3) is 3.73. The minimum Gasteiger partial charge on any atom is -0.349 e. The molecule has 0 aliphatic carbocycles. The maximum absolute atomic E-state index is 12.1. The quantitative estimate of drug-likeness (QED) is 0.808. The summed E-state index contributed by atoms with van der Waals surface area (Å²) in [6, 6.07) is 1.84. The van der Waals surface area contributed by atoms with Gasteiger partial charge in [-0.25, -0.2) is 0 Å². The van der Waals surface area contributed by atoms with Crippen LogP contribution >= 0.6 is 11.6 Å². The summed E-state index contributed by atoms with van der Waals surface area (Å²) in [5.41, 5.74) is 1.55. The molecule has 1 aromatic rings. The molecule has 0 aliphatic heterocycles. The van der Waals surface area contributed by atoms with E-state index in [0.29, 0.717) is 24.7 Å². The van der Waals surface area contributed by atoms with Gasteiger partial charge in [-0.1, -0.05) is 20.8 Å². The highest BCUT2D eigenvalue weighted by molar-refractivity contribution is 6.21. The predicted octanol–water partition coefficient (Wildman–Crippen LogP) is 2.46. The molecule has 1 N–H and O–H groups in total. The van der Waals surface area contributed by atoms with Gasteiger partial charge in [-0.3, -0.25) is 9.48 Å². The van der Waals surface area contributed by atoms with E-state index in [1.54, 1.807) is 4.68 Å². The number of halogens is 1. The van der Waals surface area contributed by atoms with Gasteiger partial charge in [0.2, 0.25) is 0 Å². The Balaban J connectivity index is 2.69. The van der Waals surface area contributed by atoms with Crippen molar-refractivity contribution in [1.82, 2.24) is 15.1 Å². The van der Waals surface area contributed by atoms with Gasteiger partial charge in [-0.15, -0.1) is 11.6 Å². The third-order valence-corrected chi connectivity index (χ3v) is 3.56. The molecule has 1 atom stereocenters. The van der Waals surface area contributed by atoms with Crippen LogP contribution in [-0.4, -0.2) is 27.6 Å². The third-order valence-electron chi connectivity index (χ3n) is 2.91. The number of hydrogen-bond donors (Lipinski definition) is 1. The fourth-order valence-corrected chi connectivity index (χ4v) is 1.66. The Morgan fingerprint density at radius 3 is 2.67 bits per heavy atom. The van der Waals surface area contributed by atoms with Crippen molar-refractivity contribution in [3.63, 3.8) is 0 Å². The standard InChI is InChI=1S/C13H22ClN3O/c1-5-10-7-12(17(6-2)16-10)13(18)15-8-11(14)9(3)4/h7,9,11H,5-6,8H2,1-4H3,(H,15,18). The maximum Gasteiger partial charge on any atom is 0.269 e. The second kappa shape index (κ2) is 6.78. The fourth-order valence-electron chi connectivity index (χ4n) is 1.58. The van der Waals surface area contributed by atoms with Crippen molar-refractivity contribution >= 4 is 17.5 Å².